The van der Waals surface area contributed by atoms with Crippen molar-refractivity contribution in [3.05, 3.63) is 28.8 Å². The number of hydrogen-bond acceptors (Lipinski definition) is 4. The highest BCUT2D eigenvalue weighted by molar-refractivity contribution is 6.32. The molecule has 126 valence electrons. The van der Waals surface area contributed by atoms with E-state index in [4.69, 9.17) is 21.1 Å². The molecule has 6 nitrogen and oxygen atoms in total. The SMILES string of the molecule is CCOc1cc(/C=C/C(=O)NCCNC(C)=O)cc(Cl)c1OC. The third-order valence-electron chi connectivity index (χ3n) is 2.76. The molecular weight excluding hydrogens is 320 g/mol. The molecule has 0 heterocycles. The van der Waals surface area contributed by atoms with Gasteiger partial charge in [-0.1, -0.05) is 11.6 Å². The van der Waals surface area contributed by atoms with Crippen molar-refractivity contribution < 1.29 is 19.1 Å². The Morgan fingerprint density at radius 2 is 1.96 bits per heavy atom. The summed E-state index contributed by atoms with van der Waals surface area (Å²) in [7, 11) is 1.52. The second-order valence-electron chi connectivity index (χ2n) is 4.57. The Hall–Kier alpha value is -2.21. The fourth-order valence-electron chi connectivity index (χ4n) is 1.80. The molecule has 0 unspecified atom stereocenters. The van der Waals surface area contributed by atoms with Crippen LogP contribution in [0.5, 0.6) is 11.5 Å². The Balaban J connectivity index is 2.68. The van der Waals surface area contributed by atoms with E-state index in [-0.39, 0.29) is 11.8 Å². The van der Waals surface area contributed by atoms with Crippen molar-refractivity contribution in [3.8, 4) is 11.5 Å². The monoisotopic (exact) mass is 340 g/mol. The average Bonchev–Trinajstić information content (AvgIpc) is 2.49. The molecule has 2 amide bonds. The first kappa shape index (κ1) is 18.8. The van der Waals surface area contributed by atoms with E-state index in [1.165, 1.54) is 20.1 Å². The van der Waals surface area contributed by atoms with Crippen molar-refractivity contribution >= 4 is 29.5 Å². The third-order valence-corrected chi connectivity index (χ3v) is 3.04. The average molecular weight is 341 g/mol. The zero-order valence-corrected chi connectivity index (χ0v) is 14.2. The molecule has 1 rings (SSSR count). The lowest BCUT2D eigenvalue weighted by molar-refractivity contribution is -0.119. The number of nitrogens with one attached hydrogen (secondary N) is 2. The summed E-state index contributed by atoms with van der Waals surface area (Å²) in [4.78, 5) is 22.4. The number of halogens is 1. The summed E-state index contributed by atoms with van der Waals surface area (Å²) in [6.07, 6.45) is 3.02. The smallest absolute Gasteiger partial charge is 0.244 e. The number of carbonyl (C=O) groups is 2. The molecule has 0 saturated carbocycles. The van der Waals surface area contributed by atoms with Crippen LogP contribution in [0.25, 0.3) is 6.08 Å². The molecule has 0 atom stereocenters. The minimum atomic E-state index is -0.264. The van der Waals surface area contributed by atoms with Gasteiger partial charge < -0.3 is 20.1 Å². The molecule has 2 N–H and O–H groups in total. The number of ether oxygens (including phenoxy) is 2. The number of benzene rings is 1. The van der Waals surface area contributed by atoms with Gasteiger partial charge in [0.2, 0.25) is 11.8 Å². The van der Waals surface area contributed by atoms with Crippen molar-refractivity contribution in [1.82, 2.24) is 10.6 Å². The van der Waals surface area contributed by atoms with E-state index in [0.717, 1.165) is 5.56 Å². The van der Waals surface area contributed by atoms with Gasteiger partial charge >= 0.3 is 0 Å². The Bertz CT molecular complexity index is 588. The summed E-state index contributed by atoms with van der Waals surface area (Å²) < 4.78 is 10.7. The lowest BCUT2D eigenvalue weighted by Gasteiger charge is -2.11. The summed E-state index contributed by atoms with van der Waals surface area (Å²) in [6.45, 7) is 4.50. The lowest BCUT2D eigenvalue weighted by atomic mass is 10.2. The number of methoxy groups -OCH3 is 1. The van der Waals surface area contributed by atoms with Gasteiger partial charge in [-0.05, 0) is 30.7 Å². The minimum absolute atomic E-state index is 0.133. The van der Waals surface area contributed by atoms with Crippen LogP contribution in [0.1, 0.15) is 19.4 Å². The minimum Gasteiger partial charge on any atom is -0.491 e. The van der Waals surface area contributed by atoms with Crippen molar-refractivity contribution in [2.24, 2.45) is 0 Å². The van der Waals surface area contributed by atoms with Crippen molar-refractivity contribution in [2.75, 3.05) is 26.8 Å². The maximum atomic E-state index is 11.7. The van der Waals surface area contributed by atoms with E-state index in [2.05, 4.69) is 10.6 Å². The zero-order valence-electron chi connectivity index (χ0n) is 13.4. The van der Waals surface area contributed by atoms with Crippen LogP contribution >= 0.6 is 11.6 Å². The lowest BCUT2D eigenvalue weighted by Crippen LogP contribution is -2.32. The summed E-state index contributed by atoms with van der Waals surface area (Å²) in [5, 5.41) is 5.65. The molecule has 0 aliphatic carbocycles. The molecule has 0 fully saturated rings. The first-order valence-electron chi connectivity index (χ1n) is 7.18. The van der Waals surface area contributed by atoms with E-state index in [9.17, 15) is 9.59 Å². The highest BCUT2D eigenvalue weighted by Gasteiger charge is 2.10. The van der Waals surface area contributed by atoms with Gasteiger partial charge in [0, 0.05) is 26.1 Å². The summed E-state index contributed by atoms with van der Waals surface area (Å²) >= 11 is 6.14. The molecule has 23 heavy (non-hydrogen) atoms. The van der Waals surface area contributed by atoms with Crippen LogP contribution in [0, 0.1) is 0 Å². The first-order chi connectivity index (χ1) is 11.0. The number of carbonyl (C=O) groups excluding carboxylic acids is 2. The third kappa shape index (κ3) is 6.61. The Kier molecular flexibility index (Phi) is 7.97. The predicted octanol–water partition coefficient (Wildman–Crippen LogP) is 2.01. The second-order valence-corrected chi connectivity index (χ2v) is 4.98. The highest BCUT2D eigenvalue weighted by atomic mass is 35.5. The standard InChI is InChI=1S/C16H21ClN2O4/c1-4-23-14-10-12(9-13(17)16(14)22-3)5-6-15(21)19-8-7-18-11(2)20/h5-6,9-10H,4,7-8H2,1-3H3,(H,18,20)(H,19,21)/b6-5+. The van der Waals surface area contributed by atoms with Gasteiger partial charge in [-0.3, -0.25) is 9.59 Å². The summed E-state index contributed by atoms with van der Waals surface area (Å²) in [6, 6.07) is 3.43. The Labute approximate surface area is 140 Å². The molecule has 0 bridgehead atoms. The summed E-state index contributed by atoms with van der Waals surface area (Å²) in [5.74, 6) is 0.588. The van der Waals surface area contributed by atoms with E-state index in [1.54, 1.807) is 18.2 Å². The van der Waals surface area contributed by atoms with Crippen LogP contribution in [0.3, 0.4) is 0 Å². The van der Waals surface area contributed by atoms with Crippen LogP contribution < -0.4 is 20.1 Å². The normalized spacial score (nSPS) is 10.4. The Morgan fingerprint density at radius 3 is 2.57 bits per heavy atom. The molecule has 1 aromatic rings. The van der Waals surface area contributed by atoms with Gasteiger partial charge in [0.05, 0.1) is 18.7 Å². The zero-order chi connectivity index (χ0) is 17.2. The van der Waals surface area contributed by atoms with Gasteiger partial charge in [0.1, 0.15) is 0 Å². The van der Waals surface area contributed by atoms with Crippen molar-refractivity contribution in [2.45, 2.75) is 13.8 Å². The van der Waals surface area contributed by atoms with E-state index < -0.39 is 0 Å². The number of rotatable bonds is 8. The molecule has 0 saturated heterocycles. The molecule has 0 aliphatic rings. The van der Waals surface area contributed by atoms with Gasteiger partial charge in [-0.2, -0.15) is 0 Å². The molecule has 0 spiro atoms. The largest absolute Gasteiger partial charge is 0.491 e. The topological polar surface area (TPSA) is 76.7 Å². The maximum Gasteiger partial charge on any atom is 0.244 e. The quantitative estimate of drug-likeness (QED) is 0.560. The van der Waals surface area contributed by atoms with Crippen LogP contribution in [-0.2, 0) is 9.59 Å². The van der Waals surface area contributed by atoms with Crippen LogP contribution in [0.4, 0.5) is 0 Å². The molecule has 7 heteroatoms. The molecule has 1 aromatic carbocycles. The van der Waals surface area contributed by atoms with E-state index in [0.29, 0.717) is 36.2 Å². The highest BCUT2D eigenvalue weighted by Crippen LogP contribution is 2.36. The molecular formula is C16H21ClN2O4. The predicted molar refractivity (Wildman–Crippen MR) is 89.9 cm³/mol. The van der Waals surface area contributed by atoms with Gasteiger partial charge in [-0.25, -0.2) is 0 Å². The fourth-order valence-corrected chi connectivity index (χ4v) is 2.10. The summed E-state index contributed by atoms with van der Waals surface area (Å²) in [5.41, 5.74) is 0.719. The Morgan fingerprint density at radius 1 is 1.26 bits per heavy atom. The molecule has 0 aliphatic heterocycles. The molecule has 0 radical (unpaired) electrons. The van der Waals surface area contributed by atoms with Crippen LogP contribution in [0.15, 0.2) is 18.2 Å². The van der Waals surface area contributed by atoms with Gasteiger partial charge in [0.25, 0.3) is 0 Å². The maximum absolute atomic E-state index is 11.7. The second kappa shape index (κ2) is 9.74. The van der Waals surface area contributed by atoms with Crippen LogP contribution in [-0.4, -0.2) is 38.6 Å². The van der Waals surface area contributed by atoms with Crippen LogP contribution in [0.2, 0.25) is 5.02 Å². The van der Waals surface area contributed by atoms with Gasteiger partial charge in [0.15, 0.2) is 11.5 Å². The van der Waals surface area contributed by atoms with Gasteiger partial charge in [-0.15, -0.1) is 0 Å². The van der Waals surface area contributed by atoms with Crippen molar-refractivity contribution in [1.29, 1.82) is 0 Å². The fraction of sp³-hybridized carbons (Fsp3) is 0.375. The van der Waals surface area contributed by atoms with E-state index >= 15 is 0 Å². The number of amides is 2. The molecule has 0 aromatic heterocycles. The van der Waals surface area contributed by atoms with E-state index in [1.807, 2.05) is 6.92 Å². The number of hydrogen-bond donors (Lipinski definition) is 2. The first-order valence-corrected chi connectivity index (χ1v) is 7.56. The van der Waals surface area contributed by atoms with Crippen molar-refractivity contribution in [3.63, 3.8) is 0 Å².